The van der Waals surface area contributed by atoms with Gasteiger partial charge in [-0.1, -0.05) is 30.3 Å². The van der Waals surface area contributed by atoms with Crippen LogP contribution in [0, 0.1) is 0 Å². The molecule has 1 amide bonds. The molecule has 0 aliphatic carbocycles. The van der Waals surface area contributed by atoms with E-state index in [0.29, 0.717) is 22.6 Å². The number of benzene rings is 3. The Kier molecular flexibility index (Phi) is 6.27. The number of ketones is 1. The molecule has 0 radical (unpaired) electrons. The molecule has 0 spiro atoms. The number of para-hydroxylation sites is 3. The van der Waals surface area contributed by atoms with Gasteiger partial charge >= 0.3 is 0 Å². The topological polar surface area (TPSA) is 96.3 Å². The lowest BCUT2D eigenvalue weighted by Gasteiger charge is -2.27. The molecule has 7 nitrogen and oxygen atoms in total. The lowest BCUT2D eigenvalue weighted by atomic mass is 9.94. The first-order chi connectivity index (χ1) is 16.3. The molecule has 1 aliphatic heterocycles. The van der Waals surface area contributed by atoms with Crippen molar-refractivity contribution in [2.75, 3.05) is 12.0 Å². The van der Waals surface area contributed by atoms with Gasteiger partial charge in [-0.05, 0) is 56.3 Å². The molecule has 1 fully saturated rings. The van der Waals surface area contributed by atoms with Gasteiger partial charge in [-0.25, -0.2) is 0 Å². The number of hydrogen-bond acceptors (Lipinski definition) is 6. The van der Waals surface area contributed by atoms with Crippen molar-refractivity contribution in [3.05, 3.63) is 89.5 Å². The van der Waals surface area contributed by atoms with Gasteiger partial charge in [0, 0.05) is 11.1 Å². The maximum absolute atomic E-state index is 13.3. The summed E-state index contributed by atoms with van der Waals surface area (Å²) in [6.07, 6.45) is -0.0196. The van der Waals surface area contributed by atoms with Crippen molar-refractivity contribution in [3.8, 4) is 17.2 Å². The minimum atomic E-state index is -1.02. The molecular weight excluding hydrogens is 434 g/mol. The van der Waals surface area contributed by atoms with E-state index in [0.717, 1.165) is 0 Å². The van der Waals surface area contributed by atoms with E-state index in [9.17, 15) is 19.8 Å². The number of phenolic OH excluding ortho intramolecular Hbond substituents is 1. The number of ether oxygens (including phenoxy) is 2. The van der Waals surface area contributed by atoms with Crippen LogP contribution in [0.15, 0.2) is 78.4 Å². The SMILES string of the molecule is COc1ccccc1C1/C(=C(\O)c2ccc(OC(C)C)cc2)C(=O)C(=O)N1c1ccccc1O. The summed E-state index contributed by atoms with van der Waals surface area (Å²) in [5, 5.41) is 21.7. The summed E-state index contributed by atoms with van der Waals surface area (Å²) in [5.74, 6) is -1.18. The Hall–Kier alpha value is -4.26. The Morgan fingerprint density at radius 2 is 1.59 bits per heavy atom. The van der Waals surface area contributed by atoms with Crippen LogP contribution in [-0.4, -0.2) is 35.1 Å². The van der Waals surface area contributed by atoms with Crippen LogP contribution in [0.3, 0.4) is 0 Å². The maximum Gasteiger partial charge on any atom is 0.300 e. The van der Waals surface area contributed by atoms with Crippen LogP contribution in [0.4, 0.5) is 5.69 Å². The minimum absolute atomic E-state index is 0.0196. The number of Topliss-reactive ketones (excluding diaryl/α,β-unsaturated/α-hetero) is 1. The van der Waals surface area contributed by atoms with Crippen molar-refractivity contribution in [1.82, 2.24) is 0 Å². The molecule has 3 aromatic carbocycles. The molecule has 7 heteroatoms. The maximum atomic E-state index is 13.3. The van der Waals surface area contributed by atoms with Crippen LogP contribution in [0.5, 0.6) is 17.2 Å². The predicted molar refractivity (Wildman–Crippen MR) is 128 cm³/mol. The van der Waals surface area contributed by atoms with Crippen LogP contribution in [0.1, 0.15) is 31.0 Å². The smallest absolute Gasteiger partial charge is 0.300 e. The molecule has 0 bridgehead atoms. The summed E-state index contributed by atoms with van der Waals surface area (Å²) in [5.41, 5.74) is 0.899. The number of aliphatic hydroxyl groups excluding tert-OH is 1. The molecule has 174 valence electrons. The fourth-order valence-corrected chi connectivity index (χ4v) is 4.05. The van der Waals surface area contributed by atoms with E-state index in [1.807, 2.05) is 13.8 Å². The second-order valence-electron chi connectivity index (χ2n) is 8.09. The average molecular weight is 459 g/mol. The highest BCUT2D eigenvalue weighted by Crippen LogP contribution is 2.46. The zero-order valence-electron chi connectivity index (χ0n) is 19.1. The standard InChI is InChI=1S/C27H25NO6/c1-16(2)34-18-14-12-17(13-15-18)25(30)23-24(19-8-4-7-11-22(19)33-3)28(27(32)26(23)31)20-9-5-6-10-21(20)29/h4-16,24,29-30H,1-3H3/b25-23+. The van der Waals surface area contributed by atoms with Gasteiger partial charge in [0.2, 0.25) is 0 Å². The van der Waals surface area contributed by atoms with Crippen molar-refractivity contribution in [2.45, 2.75) is 26.0 Å². The Labute approximate surface area is 197 Å². The molecule has 0 saturated carbocycles. The highest BCUT2D eigenvalue weighted by Gasteiger charge is 2.48. The second-order valence-corrected chi connectivity index (χ2v) is 8.09. The second kappa shape index (κ2) is 9.31. The molecule has 0 aromatic heterocycles. The number of aliphatic hydroxyl groups is 1. The first kappa shape index (κ1) is 22.9. The molecule has 4 rings (SSSR count). The van der Waals surface area contributed by atoms with Gasteiger partial charge in [-0.2, -0.15) is 0 Å². The van der Waals surface area contributed by atoms with Crippen molar-refractivity contribution in [1.29, 1.82) is 0 Å². The number of nitrogens with zero attached hydrogens (tertiary/aromatic N) is 1. The first-order valence-electron chi connectivity index (χ1n) is 10.8. The Bertz CT molecular complexity index is 1260. The number of carbonyl (C=O) groups is 2. The predicted octanol–water partition coefficient (Wildman–Crippen LogP) is 4.81. The third kappa shape index (κ3) is 4.08. The van der Waals surface area contributed by atoms with E-state index in [2.05, 4.69) is 0 Å². The normalized spacial score (nSPS) is 17.3. The number of carbonyl (C=O) groups excluding carboxylic acids is 2. The fourth-order valence-electron chi connectivity index (χ4n) is 4.05. The minimum Gasteiger partial charge on any atom is -0.507 e. The van der Waals surface area contributed by atoms with Crippen molar-refractivity contribution >= 4 is 23.1 Å². The number of anilines is 1. The number of aromatic hydroxyl groups is 1. The third-order valence-electron chi connectivity index (χ3n) is 5.52. The first-order valence-corrected chi connectivity index (χ1v) is 10.8. The van der Waals surface area contributed by atoms with Gasteiger partial charge < -0.3 is 19.7 Å². The summed E-state index contributed by atoms with van der Waals surface area (Å²) in [7, 11) is 1.48. The van der Waals surface area contributed by atoms with E-state index in [4.69, 9.17) is 9.47 Å². The van der Waals surface area contributed by atoms with E-state index >= 15 is 0 Å². The highest BCUT2D eigenvalue weighted by atomic mass is 16.5. The molecular formula is C27H25NO6. The van der Waals surface area contributed by atoms with Crippen LogP contribution < -0.4 is 14.4 Å². The van der Waals surface area contributed by atoms with Crippen molar-refractivity contribution in [2.24, 2.45) is 0 Å². The van der Waals surface area contributed by atoms with Gasteiger partial charge in [0.05, 0.1) is 30.5 Å². The summed E-state index contributed by atoms with van der Waals surface area (Å²) in [6, 6.07) is 18.8. The van der Waals surface area contributed by atoms with Gasteiger partial charge in [-0.15, -0.1) is 0 Å². The summed E-state index contributed by atoms with van der Waals surface area (Å²) >= 11 is 0. The molecule has 1 aliphatic rings. The quantitative estimate of drug-likeness (QED) is 0.312. The fraction of sp³-hybridized carbons (Fsp3) is 0.185. The number of phenols is 1. The molecule has 1 heterocycles. The lowest BCUT2D eigenvalue weighted by molar-refractivity contribution is -0.132. The number of rotatable bonds is 6. The number of methoxy groups -OCH3 is 1. The van der Waals surface area contributed by atoms with Crippen molar-refractivity contribution in [3.63, 3.8) is 0 Å². The Morgan fingerprint density at radius 3 is 2.24 bits per heavy atom. The van der Waals surface area contributed by atoms with E-state index in [1.54, 1.807) is 66.7 Å². The zero-order valence-corrected chi connectivity index (χ0v) is 19.1. The summed E-state index contributed by atoms with van der Waals surface area (Å²) in [4.78, 5) is 27.7. The number of amides is 1. The average Bonchev–Trinajstić information content (AvgIpc) is 3.09. The molecule has 2 N–H and O–H groups in total. The highest BCUT2D eigenvalue weighted by molar-refractivity contribution is 6.52. The lowest BCUT2D eigenvalue weighted by Crippen LogP contribution is -2.29. The van der Waals surface area contributed by atoms with E-state index in [-0.39, 0.29) is 28.9 Å². The summed E-state index contributed by atoms with van der Waals surface area (Å²) in [6.45, 7) is 3.81. The zero-order chi connectivity index (χ0) is 24.4. The monoisotopic (exact) mass is 459 g/mol. The Balaban J connectivity index is 1.92. The van der Waals surface area contributed by atoms with Crippen LogP contribution >= 0.6 is 0 Å². The van der Waals surface area contributed by atoms with Crippen LogP contribution in [-0.2, 0) is 9.59 Å². The largest absolute Gasteiger partial charge is 0.507 e. The van der Waals surface area contributed by atoms with Gasteiger partial charge in [0.25, 0.3) is 11.7 Å². The molecule has 1 unspecified atom stereocenters. The van der Waals surface area contributed by atoms with Gasteiger partial charge in [0.1, 0.15) is 23.0 Å². The molecule has 3 aromatic rings. The van der Waals surface area contributed by atoms with E-state index in [1.165, 1.54) is 18.1 Å². The number of hydrogen-bond donors (Lipinski definition) is 2. The van der Waals surface area contributed by atoms with Crippen LogP contribution in [0.2, 0.25) is 0 Å². The van der Waals surface area contributed by atoms with E-state index < -0.39 is 17.7 Å². The third-order valence-corrected chi connectivity index (χ3v) is 5.52. The van der Waals surface area contributed by atoms with Crippen molar-refractivity contribution < 1.29 is 29.3 Å². The molecule has 1 atom stereocenters. The molecule has 1 saturated heterocycles. The van der Waals surface area contributed by atoms with Crippen LogP contribution in [0.25, 0.3) is 5.76 Å². The van der Waals surface area contributed by atoms with Gasteiger partial charge in [0.15, 0.2) is 0 Å². The van der Waals surface area contributed by atoms with Gasteiger partial charge in [-0.3, -0.25) is 14.5 Å². The summed E-state index contributed by atoms with van der Waals surface area (Å²) < 4.78 is 11.1. The molecule has 34 heavy (non-hydrogen) atoms. The Morgan fingerprint density at radius 1 is 0.941 bits per heavy atom.